The van der Waals surface area contributed by atoms with Gasteiger partial charge in [0.2, 0.25) is 5.91 Å². The molecule has 1 unspecified atom stereocenters. The molecule has 1 saturated carbocycles. The Balaban J connectivity index is 1.19. The highest BCUT2D eigenvalue weighted by Crippen LogP contribution is 2.59. The highest BCUT2D eigenvalue weighted by atomic mass is 16.6. The van der Waals surface area contributed by atoms with Crippen molar-refractivity contribution in [2.75, 3.05) is 32.8 Å². The summed E-state index contributed by atoms with van der Waals surface area (Å²) < 4.78 is 10.2. The summed E-state index contributed by atoms with van der Waals surface area (Å²) in [5.41, 5.74) is 1.44. The van der Waals surface area contributed by atoms with Gasteiger partial charge in [-0.15, -0.1) is 0 Å². The molecule has 2 saturated heterocycles. The van der Waals surface area contributed by atoms with Crippen LogP contribution in [0.2, 0.25) is 0 Å². The van der Waals surface area contributed by atoms with Crippen LogP contribution in [0.25, 0.3) is 0 Å². The van der Waals surface area contributed by atoms with Crippen LogP contribution >= 0.6 is 0 Å². The van der Waals surface area contributed by atoms with Crippen LogP contribution in [-0.4, -0.2) is 60.6 Å². The Hall–Kier alpha value is -2.02. The molecular formula is C21H31N3O4. The van der Waals surface area contributed by atoms with Crippen molar-refractivity contribution in [1.82, 2.24) is 15.1 Å². The van der Waals surface area contributed by atoms with E-state index in [-0.39, 0.29) is 29.4 Å². The summed E-state index contributed by atoms with van der Waals surface area (Å²) in [5, 5.41) is 3.25. The van der Waals surface area contributed by atoms with Crippen LogP contribution in [0.15, 0.2) is 23.0 Å². The molecule has 2 aliphatic heterocycles. The number of nitrogens with zero attached hydrogens (tertiary/aromatic N) is 2. The third kappa shape index (κ3) is 4.19. The van der Waals surface area contributed by atoms with Gasteiger partial charge < -0.3 is 19.4 Å². The number of hydrogen-bond acceptors (Lipinski definition) is 5. The van der Waals surface area contributed by atoms with Gasteiger partial charge in [0.1, 0.15) is 0 Å². The van der Waals surface area contributed by atoms with Crippen molar-refractivity contribution in [3.63, 3.8) is 0 Å². The molecule has 154 valence electrons. The van der Waals surface area contributed by atoms with Gasteiger partial charge in [-0.3, -0.25) is 9.69 Å². The normalized spacial score (nSPS) is 24.9. The average molecular weight is 389 g/mol. The second-order valence-electron chi connectivity index (χ2n) is 8.50. The van der Waals surface area contributed by atoms with E-state index in [1.807, 2.05) is 19.3 Å². The summed E-state index contributed by atoms with van der Waals surface area (Å²) >= 11 is 0. The van der Waals surface area contributed by atoms with Crippen LogP contribution in [0.4, 0.5) is 4.79 Å². The highest BCUT2D eigenvalue weighted by molar-refractivity contribution is 5.83. The van der Waals surface area contributed by atoms with Crippen molar-refractivity contribution in [2.24, 2.45) is 11.3 Å². The Kier molecular flexibility index (Phi) is 5.62. The molecule has 1 aromatic heterocycles. The molecule has 1 aliphatic carbocycles. The molecule has 1 aromatic rings. The first kappa shape index (κ1) is 19.3. The third-order valence-corrected chi connectivity index (χ3v) is 6.71. The van der Waals surface area contributed by atoms with Gasteiger partial charge in [0.25, 0.3) is 0 Å². The summed E-state index contributed by atoms with van der Waals surface area (Å²) in [6, 6.07) is 2.20. The molecule has 7 heteroatoms. The van der Waals surface area contributed by atoms with Gasteiger partial charge in [0.05, 0.1) is 19.1 Å². The SMILES string of the molecule is CCOC(=O)N1CCC(NC(=O)C2CC23CCN(Cc2ccoc2)CC3)CC1. The molecule has 28 heavy (non-hydrogen) atoms. The van der Waals surface area contributed by atoms with Crippen LogP contribution < -0.4 is 5.32 Å². The lowest BCUT2D eigenvalue weighted by Crippen LogP contribution is -2.47. The van der Waals surface area contributed by atoms with E-state index >= 15 is 0 Å². The summed E-state index contributed by atoms with van der Waals surface area (Å²) in [4.78, 5) is 28.7. The van der Waals surface area contributed by atoms with Crippen molar-refractivity contribution < 1.29 is 18.7 Å². The molecule has 1 spiro atoms. The minimum atomic E-state index is -0.240. The number of piperidine rings is 2. The lowest BCUT2D eigenvalue weighted by atomic mass is 9.90. The van der Waals surface area contributed by atoms with Crippen LogP contribution in [0, 0.1) is 11.3 Å². The zero-order chi connectivity index (χ0) is 19.6. The van der Waals surface area contributed by atoms with E-state index in [0.29, 0.717) is 19.7 Å². The fourth-order valence-corrected chi connectivity index (χ4v) is 4.79. The van der Waals surface area contributed by atoms with Gasteiger partial charge in [-0.2, -0.15) is 0 Å². The number of rotatable bonds is 5. The number of hydrogen-bond donors (Lipinski definition) is 1. The van der Waals surface area contributed by atoms with Crippen molar-refractivity contribution in [2.45, 2.75) is 51.6 Å². The van der Waals surface area contributed by atoms with Crippen LogP contribution in [0.1, 0.15) is 44.6 Å². The predicted octanol–water partition coefficient (Wildman–Crippen LogP) is 2.62. The van der Waals surface area contributed by atoms with E-state index < -0.39 is 0 Å². The number of furan rings is 1. The Morgan fingerprint density at radius 1 is 1.25 bits per heavy atom. The smallest absolute Gasteiger partial charge is 0.409 e. The Bertz CT molecular complexity index is 674. The lowest BCUT2D eigenvalue weighted by molar-refractivity contribution is -0.124. The van der Waals surface area contributed by atoms with Gasteiger partial charge >= 0.3 is 6.09 Å². The fourth-order valence-electron chi connectivity index (χ4n) is 4.79. The standard InChI is InChI=1S/C21H31N3O4/c1-2-28-20(26)24-8-3-17(4-9-24)22-19(25)18-13-21(18)6-10-23(11-7-21)14-16-5-12-27-15-16/h5,12,15,17-18H,2-4,6-11,13-14H2,1H3,(H,22,25). The fraction of sp³-hybridized carbons (Fsp3) is 0.714. The van der Waals surface area contributed by atoms with E-state index in [0.717, 1.165) is 51.7 Å². The number of carbonyl (C=O) groups excluding carboxylic acids is 2. The summed E-state index contributed by atoms with van der Waals surface area (Å²) in [6.45, 7) is 6.56. The molecule has 3 heterocycles. The summed E-state index contributed by atoms with van der Waals surface area (Å²) in [5.74, 6) is 0.393. The monoisotopic (exact) mass is 389 g/mol. The molecule has 0 aromatic carbocycles. The zero-order valence-electron chi connectivity index (χ0n) is 16.7. The van der Waals surface area contributed by atoms with Crippen molar-refractivity contribution in [1.29, 1.82) is 0 Å². The molecule has 7 nitrogen and oxygen atoms in total. The van der Waals surface area contributed by atoms with Gasteiger partial charge in [-0.05, 0) is 63.6 Å². The molecular weight excluding hydrogens is 358 g/mol. The first-order chi connectivity index (χ1) is 13.6. The molecule has 1 atom stereocenters. The lowest BCUT2D eigenvalue weighted by Gasteiger charge is -2.33. The number of amides is 2. The molecule has 0 radical (unpaired) electrons. The molecule has 4 rings (SSSR count). The second-order valence-corrected chi connectivity index (χ2v) is 8.50. The van der Waals surface area contributed by atoms with E-state index in [2.05, 4.69) is 10.2 Å². The highest BCUT2D eigenvalue weighted by Gasteiger charge is 2.58. The predicted molar refractivity (Wildman–Crippen MR) is 104 cm³/mol. The number of ether oxygens (including phenoxy) is 1. The van der Waals surface area contributed by atoms with E-state index in [1.165, 1.54) is 5.56 Å². The Morgan fingerprint density at radius 3 is 2.64 bits per heavy atom. The average Bonchev–Trinajstić information content (AvgIpc) is 3.15. The minimum absolute atomic E-state index is 0.173. The van der Waals surface area contributed by atoms with Gasteiger partial charge in [0, 0.05) is 37.2 Å². The quantitative estimate of drug-likeness (QED) is 0.838. The molecule has 1 N–H and O–H groups in total. The topological polar surface area (TPSA) is 75.0 Å². The first-order valence-electron chi connectivity index (χ1n) is 10.5. The molecule has 3 aliphatic rings. The first-order valence-corrected chi connectivity index (χ1v) is 10.5. The Labute approximate surface area is 166 Å². The maximum absolute atomic E-state index is 12.8. The largest absolute Gasteiger partial charge is 0.472 e. The number of likely N-dealkylation sites (tertiary alicyclic amines) is 2. The molecule has 0 bridgehead atoms. The zero-order valence-corrected chi connectivity index (χ0v) is 16.7. The van der Waals surface area contributed by atoms with Crippen molar-refractivity contribution >= 4 is 12.0 Å². The van der Waals surface area contributed by atoms with E-state index in [4.69, 9.17) is 9.15 Å². The van der Waals surface area contributed by atoms with Gasteiger partial charge in [-0.1, -0.05) is 0 Å². The number of nitrogens with one attached hydrogen (secondary N) is 1. The van der Waals surface area contributed by atoms with Crippen molar-refractivity contribution in [3.05, 3.63) is 24.2 Å². The third-order valence-electron chi connectivity index (χ3n) is 6.71. The minimum Gasteiger partial charge on any atom is -0.472 e. The second kappa shape index (κ2) is 8.15. The van der Waals surface area contributed by atoms with Gasteiger partial charge in [0.15, 0.2) is 0 Å². The van der Waals surface area contributed by atoms with Gasteiger partial charge in [-0.25, -0.2) is 4.79 Å². The van der Waals surface area contributed by atoms with Crippen molar-refractivity contribution in [3.8, 4) is 0 Å². The summed E-state index contributed by atoms with van der Waals surface area (Å²) in [7, 11) is 0. The molecule has 3 fully saturated rings. The van der Waals surface area contributed by atoms with Crippen LogP contribution in [-0.2, 0) is 16.1 Å². The maximum Gasteiger partial charge on any atom is 0.409 e. The van der Waals surface area contributed by atoms with E-state index in [1.54, 1.807) is 11.2 Å². The number of carbonyl (C=O) groups is 2. The van der Waals surface area contributed by atoms with E-state index in [9.17, 15) is 9.59 Å². The van der Waals surface area contributed by atoms with Crippen LogP contribution in [0.3, 0.4) is 0 Å². The Morgan fingerprint density at radius 2 is 2.00 bits per heavy atom. The van der Waals surface area contributed by atoms with Crippen LogP contribution in [0.5, 0.6) is 0 Å². The molecule has 2 amide bonds. The summed E-state index contributed by atoms with van der Waals surface area (Å²) in [6.07, 6.45) is 8.14. The maximum atomic E-state index is 12.8.